The standard InChI is InChI=1S/C20H23N3O7/c1-13(2)6-7-30-18-5-4-14(8-19(18)29-3)12-21-20(24)15-9-16(22(25)26)11-17(10-15)23(27)28/h4-5,8-11,13H,6-7,12H2,1-3H3,(H,21,24). The van der Waals surface area contributed by atoms with Crippen molar-refractivity contribution >= 4 is 17.3 Å². The Morgan fingerprint density at radius 1 is 1.03 bits per heavy atom. The quantitative estimate of drug-likeness (QED) is 0.458. The molecule has 0 fully saturated rings. The molecule has 2 rings (SSSR count). The van der Waals surface area contributed by atoms with Gasteiger partial charge in [0, 0.05) is 18.7 Å². The van der Waals surface area contributed by atoms with Crippen LogP contribution in [0.1, 0.15) is 36.2 Å². The number of methoxy groups -OCH3 is 1. The molecule has 160 valence electrons. The van der Waals surface area contributed by atoms with Gasteiger partial charge in [0.15, 0.2) is 11.5 Å². The van der Waals surface area contributed by atoms with Crippen LogP contribution < -0.4 is 14.8 Å². The summed E-state index contributed by atoms with van der Waals surface area (Å²) in [5, 5.41) is 24.5. The van der Waals surface area contributed by atoms with Crippen molar-refractivity contribution in [2.45, 2.75) is 26.8 Å². The van der Waals surface area contributed by atoms with E-state index in [-0.39, 0.29) is 12.1 Å². The Morgan fingerprint density at radius 3 is 2.20 bits per heavy atom. The largest absolute Gasteiger partial charge is 0.493 e. The summed E-state index contributed by atoms with van der Waals surface area (Å²) in [5.74, 6) is 0.937. The average Bonchev–Trinajstić information content (AvgIpc) is 2.71. The number of carbonyl (C=O) groups is 1. The van der Waals surface area contributed by atoms with Crippen LogP contribution >= 0.6 is 0 Å². The number of benzene rings is 2. The molecule has 10 nitrogen and oxygen atoms in total. The highest BCUT2D eigenvalue weighted by molar-refractivity contribution is 5.95. The van der Waals surface area contributed by atoms with Gasteiger partial charge in [-0.15, -0.1) is 0 Å². The zero-order chi connectivity index (χ0) is 22.3. The van der Waals surface area contributed by atoms with Crippen molar-refractivity contribution < 1.29 is 24.1 Å². The van der Waals surface area contributed by atoms with Gasteiger partial charge in [0.2, 0.25) is 0 Å². The molecule has 10 heteroatoms. The second kappa shape index (κ2) is 10.2. The van der Waals surface area contributed by atoms with E-state index in [1.807, 2.05) is 0 Å². The Bertz CT molecular complexity index is 912. The van der Waals surface area contributed by atoms with Crippen molar-refractivity contribution in [3.8, 4) is 11.5 Å². The number of hydrogen-bond acceptors (Lipinski definition) is 7. The summed E-state index contributed by atoms with van der Waals surface area (Å²) in [6.45, 7) is 4.85. The number of rotatable bonds is 10. The number of amides is 1. The highest BCUT2D eigenvalue weighted by atomic mass is 16.6. The lowest BCUT2D eigenvalue weighted by Gasteiger charge is -2.13. The molecule has 0 aliphatic heterocycles. The Balaban J connectivity index is 2.10. The van der Waals surface area contributed by atoms with Gasteiger partial charge in [0.05, 0.1) is 35.2 Å². The maximum atomic E-state index is 12.4. The van der Waals surface area contributed by atoms with Crippen LogP contribution in [0, 0.1) is 26.1 Å². The van der Waals surface area contributed by atoms with Crippen molar-refractivity contribution in [3.63, 3.8) is 0 Å². The second-order valence-electron chi connectivity index (χ2n) is 6.95. The van der Waals surface area contributed by atoms with Crippen molar-refractivity contribution in [1.29, 1.82) is 0 Å². The van der Waals surface area contributed by atoms with E-state index < -0.39 is 27.1 Å². The van der Waals surface area contributed by atoms with Crippen molar-refractivity contribution in [1.82, 2.24) is 5.32 Å². The van der Waals surface area contributed by atoms with Crippen LogP contribution in [0.5, 0.6) is 11.5 Å². The molecule has 0 unspecified atom stereocenters. The van der Waals surface area contributed by atoms with E-state index in [4.69, 9.17) is 9.47 Å². The SMILES string of the molecule is COc1cc(CNC(=O)c2cc([N+](=O)[O-])cc([N+](=O)[O-])c2)ccc1OCCC(C)C. The van der Waals surface area contributed by atoms with Crippen molar-refractivity contribution in [3.05, 3.63) is 67.8 Å². The van der Waals surface area contributed by atoms with Crippen LogP contribution in [0.15, 0.2) is 36.4 Å². The number of nitro groups is 2. The average molecular weight is 417 g/mol. The molecule has 0 spiro atoms. The van der Waals surface area contributed by atoms with Crippen LogP contribution in [-0.4, -0.2) is 29.5 Å². The summed E-state index contributed by atoms with van der Waals surface area (Å²) >= 11 is 0. The number of carbonyl (C=O) groups excluding carboxylic acids is 1. The summed E-state index contributed by atoms with van der Waals surface area (Å²) < 4.78 is 11.1. The Labute approximate surface area is 173 Å². The third-order valence-electron chi connectivity index (χ3n) is 4.22. The minimum absolute atomic E-state index is 0.0952. The topological polar surface area (TPSA) is 134 Å². The molecule has 1 amide bonds. The van der Waals surface area contributed by atoms with Crippen LogP contribution in [0.2, 0.25) is 0 Å². The minimum Gasteiger partial charge on any atom is -0.493 e. The molecule has 0 atom stereocenters. The molecular formula is C20H23N3O7. The van der Waals surface area contributed by atoms with Gasteiger partial charge < -0.3 is 14.8 Å². The zero-order valence-electron chi connectivity index (χ0n) is 16.9. The van der Waals surface area contributed by atoms with Crippen LogP contribution in [-0.2, 0) is 6.54 Å². The molecule has 0 aliphatic rings. The van der Waals surface area contributed by atoms with E-state index in [2.05, 4.69) is 19.2 Å². The van der Waals surface area contributed by atoms with Crippen molar-refractivity contribution in [2.24, 2.45) is 5.92 Å². The number of nitro benzene ring substituents is 2. The molecule has 0 saturated heterocycles. The fraction of sp³-hybridized carbons (Fsp3) is 0.350. The first kappa shape index (κ1) is 22.6. The Hall–Kier alpha value is -3.69. The summed E-state index contributed by atoms with van der Waals surface area (Å²) in [7, 11) is 1.51. The van der Waals surface area contributed by atoms with Crippen LogP contribution in [0.3, 0.4) is 0 Å². The first-order chi connectivity index (χ1) is 14.2. The Morgan fingerprint density at radius 2 is 1.67 bits per heavy atom. The lowest BCUT2D eigenvalue weighted by molar-refractivity contribution is -0.394. The first-order valence-electron chi connectivity index (χ1n) is 9.23. The van der Waals surface area contributed by atoms with E-state index in [0.29, 0.717) is 29.6 Å². The maximum Gasteiger partial charge on any atom is 0.277 e. The van der Waals surface area contributed by atoms with Gasteiger partial charge in [-0.25, -0.2) is 0 Å². The number of nitrogens with zero attached hydrogens (tertiary/aromatic N) is 2. The third-order valence-corrected chi connectivity index (χ3v) is 4.22. The molecule has 0 heterocycles. The fourth-order valence-corrected chi connectivity index (χ4v) is 2.57. The van der Waals surface area contributed by atoms with E-state index in [1.165, 1.54) is 7.11 Å². The van der Waals surface area contributed by atoms with Gasteiger partial charge in [0.1, 0.15) is 0 Å². The Kier molecular flexibility index (Phi) is 7.68. The van der Waals surface area contributed by atoms with Gasteiger partial charge in [-0.05, 0) is 30.0 Å². The molecule has 0 bridgehead atoms. The van der Waals surface area contributed by atoms with Gasteiger partial charge in [0.25, 0.3) is 17.3 Å². The third kappa shape index (κ3) is 6.16. The first-order valence-corrected chi connectivity index (χ1v) is 9.23. The van der Waals surface area contributed by atoms with E-state index in [0.717, 1.165) is 24.6 Å². The highest BCUT2D eigenvalue weighted by Gasteiger charge is 2.20. The smallest absolute Gasteiger partial charge is 0.277 e. The molecule has 2 aromatic rings. The second-order valence-corrected chi connectivity index (χ2v) is 6.95. The fourth-order valence-electron chi connectivity index (χ4n) is 2.57. The van der Waals surface area contributed by atoms with E-state index in [1.54, 1.807) is 18.2 Å². The predicted molar refractivity (Wildman–Crippen MR) is 109 cm³/mol. The lowest BCUT2D eigenvalue weighted by Crippen LogP contribution is -2.23. The molecule has 0 aromatic heterocycles. The lowest BCUT2D eigenvalue weighted by atomic mass is 10.1. The summed E-state index contributed by atoms with van der Waals surface area (Å²) in [5.41, 5.74) is -0.523. The normalized spacial score (nSPS) is 10.5. The summed E-state index contributed by atoms with van der Waals surface area (Å²) in [4.78, 5) is 32.8. The minimum atomic E-state index is -0.785. The zero-order valence-corrected chi connectivity index (χ0v) is 16.9. The van der Waals surface area contributed by atoms with Crippen molar-refractivity contribution in [2.75, 3.05) is 13.7 Å². The van der Waals surface area contributed by atoms with Crippen LogP contribution in [0.4, 0.5) is 11.4 Å². The molecule has 0 saturated carbocycles. The maximum absolute atomic E-state index is 12.4. The van der Waals surface area contributed by atoms with Gasteiger partial charge in [-0.1, -0.05) is 19.9 Å². The van der Waals surface area contributed by atoms with Crippen LogP contribution in [0.25, 0.3) is 0 Å². The van der Waals surface area contributed by atoms with Gasteiger partial charge in [-0.2, -0.15) is 0 Å². The summed E-state index contributed by atoms with van der Waals surface area (Å²) in [6.07, 6.45) is 0.899. The molecule has 2 aromatic carbocycles. The molecule has 0 radical (unpaired) electrons. The van der Waals surface area contributed by atoms with Gasteiger partial charge in [-0.3, -0.25) is 25.0 Å². The number of nitrogens with one attached hydrogen (secondary N) is 1. The predicted octanol–water partition coefficient (Wildman–Crippen LogP) is 3.87. The number of ether oxygens (including phenoxy) is 2. The molecular weight excluding hydrogens is 394 g/mol. The van der Waals surface area contributed by atoms with E-state index in [9.17, 15) is 25.0 Å². The molecule has 30 heavy (non-hydrogen) atoms. The monoisotopic (exact) mass is 417 g/mol. The number of non-ortho nitro benzene ring substituents is 2. The molecule has 1 N–H and O–H groups in total. The molecule has 0 aliphatic carbocycles. The highest BCUT2D eigenvalue weighted by Crippen LogP contribution is 2.28. The van der Waals surface area contributed by atoms with E-state index >= 15 is 0 Å². The number of hydrogen-bond donors (Lipinski definition) is 1. The van der Waals surface area contributed by atoms with Gasteiger partial charge >= 0.3 is 0 Å². The summed E-state index contributed by atoms with van der Waals surface area (Å²) in [6, 6.07) is 7.99.